The van der Waals surface area contributed by atoms with Gasteiger partial charge in [0.15, 0.2) is 0 Å². The molecule has 0 saturated carbocycles. The molecule has 31 heavy (non-hydrogen) atoms. The molecule has 9 heteroatoms. The number of nitrogens with one attached hydrogen (secondary N) is 3. The van der Waals surface area contributed by atoms with Crippen molar-refractivity contribution in [2.45, 2.75) is 0 Å². The second-order valence-electron chi connectivity index (χ2n) is 6.30. The Bertz CT molecular complexity index is 1120. The fourth-order valence-electron chi connectivity index (χ4n) is 2.77. The van der Waals surface area contributed by atoms with E-state index in [0.29, 0.717) is 22.7 Å². The molecule has 0 fully saturated rings. The van der Waals surface area contributed by atoms with Gasteiger partial charge in [-0.1, -0.05) is 18.2 Å². The first kappa shape index (κ1) is 23.2. The van der Waals surface area contributed by atoms with Crippen LogP contribution in [0.4, 0.5) is 11.4 Å². The molecule has 0 atom stereocenters. The molecular formula is C22H21ClN4O4. The highest BCUT2D eigenvalue weighted by molar-refractivity contribution is 6.12. The largest absolute Gasteiger partial charge is 0.506 e. The van der Waals surface area contributed by atoms with E-state index in [9.17, 15) is 14.7 Å². The van der Waals surface area contributed by atoms with Crippen LogP contribution < -0.4 is 21.1 Å². The van der Waals surface area contributed by atoms with E-state index in [2.05, 4.69) is 10.6 Å². The van der Waals surface area contributed by atoms with Crippen LogP contribution in [-0.2, 0) is 0 Å². The number of nitrogen functional groups attached to an aromatic ring is 1. The minimum atomic E-state index is -0.609. The molecule has 0 heterocycles. The molecule has 3 aromatic carbocycles. The maximum Gasteiger partial charge on any atom is 0.259 e. The molecule has 0 spiro atoms. The molecule has 0 aliphatic rings. The number of amidine groups is 1. The van der Waals surface area contributed by atoms with E-state index >= 15 is 0 Å². The van der Waals surface area contributed by atoms with Crippen LogP contribution in [0.1, 0.15) is 26.3 Å². The number of anilines is 2. The number of carbonyl (C=O) groups is 2. The highest BCUT2D eigenvalue weighted by Gasteiger charge is 2.17. The molecule has 3 rings (SSSR count). The molecule has 0 bridgehead atoms. The zero-order valence-electron chi connectivity index (χ0n) is 16.5. The number of benzene rings is 3. The van der Waals surface area contributed by atoms with Crippen LogP contribution in [0.25, 0.3) is 0 Å². The number of rotatable bonds is 6. The standard InChI is InChI=1S/C22H20N4O4.ClH/c1-30-14-11-9-13(10-12-14)21(28)25-17-7-2-3-8-18(17)26-22(29)16-6-4-5-15(19(16)27)20(23)24;/h2-12,27H,1H3,(H3,23,24)(H,25,28)(H,26,29);1H. The predicted molar refractivity (Wildman–Crippen MR) is 122 cm³/mol. The number of phenols is 1. The summed E-state index contributed by atoms with van der Waals surface area (Å²) in [6.45, 7) is 0. The maximum absolute atomic E-state index is 12.7. The zero-order chi connectivity index (χ0) is 21.7. The van der Waals surface area contributed by atoms with Crippen LogP contribution >= 0.6 is 12.4 Å². The van der Waals surface area contributed by atoms with Crippen LogP contribution in [-0.4, -0.2) is 29.9 Å². The number of amides is 2. The van der Waals surface area contributed by atoms with Crippen molar-refractivity contribution in [1.82, 2.24) is 0 Å². The monoisotopic (exact) mass is 440 g/mol. The van der Waals surface area contributed by atoms with Gasteiger partial charge in [-0.05, 0) is 48.5 Å². The average molecular weight is 441 g/mol. The summed E-state index contributed by atoms with van der Waals surface area (Å²) in [4.78, 5) is 25.2. The van der Waals surface area contributed by atoms with Gasteiger partial charge in [0.1, 0.15) is 17.3 Å². The van der Waals surface area contributed by atoms with Crippen LogP contribution in [0.2, 0.25) is 0 Å². The maximum atomic E-state index is 12.7. The van der Waals surface area contributed by atoms with Gasteiger partial charge >= 0.3 is 0 Å². The van der Waals surface area contributed by atoms with Gasteiger partial charge in [-0.3, -0.25) is 15.0 Å². The molecule has 160 valence electrons. The number of methoxy groups -OCH3 is 1. The summed E-state index contributed by atoms with van der Waals surface area (Å²) in [7, 11) is 1.54. The Labute approximate surface area is 185 Å². The molecule has 0 radical (unpaired) electrons. The molecule has 0 aliphatic carbocycles. The lowest BCUT2D eigenvalue weighted by Crippen LogP contribution is -2.18. The highest BCUT2D eigenvalue weighted by atomic mass is 35.5. The zero-order valence-corrected chi connectivity index (χ0v) is 17.3. The van der Waals surface area contributed by atoms with Crippen molar-refractivity contribution in [3.63, 3.8) is 0 Å². The van der Waals surface area contributed by atoms with Crippen molar-refractivity contribution in [3.05, 3.63) is 83.4 Å². The average Bonchev–Trinajstić information content (AvgIpc) is 2.75. The second-order valence-corrected chi connectivity index (χ2v) is 6.30. The first-order chi connectivity index (χ1) is 14.4. The number of phenolic OH excluding ortho intramolecular Hbond substituents is 1. The molecule has 2 amide bonds. The molecule has 0 saturated heterocycles. The minimum Gasteiger partial charge on any atom is -0.506 e. The van der Waals surface area contributed by atoms with Gasteiger partial charge in [-0.2, -0.15) is 0 Å². The number of para-hydroxylation sites is 3. The smallest absolute Gasteiger partial charge is 0.259 e. The van der Waals surface area contributed by atoms with Gasteiger partial charge in [-0.25, -0.2) is 0 Å². The third-order valence-electron chi connectivity index (χ3n) is 4.35. The molecule has 0 aliphatic heterocycles. The summed E-state index contributed by atoms with van der Waals surface area (Å²) >= 11 is 0. The number of aromatic hydroxyl groups is 1. The first-order valence-corrected chi connectivity index (χ1v) is 8.93. The van der Waals surface area contributed by atoms with Crippen molar-refractivity contribution >= 4 is 41.4 Å². The number of carbonyl (C=O) groups excluding carboxylic acids is 2. The lowest BCUT2D eigenvalue weighted by atomic mass is 10.1. The highest BCUT2D eigenvalue weighted by Crippen LogP contribution is 2.26. The fraction of sp³-hybridized carbons (Fsp3) is 0.0455. The lowest BCUT2D eigenvalue weighted by Gasteiger charge is -2.14. The van der Waals surface area contributed by atoms with Gasteiger partial charge in [0.2, 0.25) is 0 Å². The van der Waals surface area contributed by atoms with Gasteiger partial charge in [0, 0.05) is 5.56 Å². The Morgan fingerprint density at radius 2 is 1.42 bits per heavy atom. The molecule has 0 aromatic heterocycles. The van der Waals surface area contributed by atoms with Crippen LogP contribution in [0.15, 0.2) is 66.7 Å². The Morgan fingerprint density at radius 1 is 0.871 bits per heavy atom. The summed E-state index contributed by atoms with van der Waals surface area (Å²) in [6.07, 6.45) is 0. The SMILES string of the molecule is COc1ccc(C(=O)Nc2ccccc2NC(=O)c2cccc(C(=N)N)c2O)cc1.Cl. The van der Waals surface area contributed by atoms with Crippen molar-refractivity contribution in [1.29, 1.82) is 5.41 Å². The van der Waals surface area contributed by atoms with Crippen LogP contribution in [0.5, 0.6) is 11.5 Å². The normalized spacial score (nSPS) is 9.84. The third kappa shape index (κ3) is 5.31. The first-order valence-electron chi connectivity index (χ1n) is 8.93. The van der Waals surface area contributed by atoms with E-state index in [1.807, 2.05) is 0 Å². The van der Waals surface area contributed by atoms with E-state index in [-0.39, 0.29) is 41.0 Å². The summed E-state index contributed by atoms with van der Waals surface area (Å²) in [5, 5.41) is 23.2. The summed E-state index contributed by atoms with van der Waals surface area (Å²) in [5.74, 6) is -1.08. The van der Waals surface area contributed by atoms with Gasteiger partial charge in [0.05, 0.1) is 29.6 Å². The molecule has 6 N–H and O–H groups in total. The minimum absolute atomic E-state index is 0. The second kappa shape index (κ2) is 10.1. The van der Waals surface area contributed by atoms with Crippen molar-refractivity contribution in [2.24, 2.45) is 5.73 Å². The number of ether oxygens (including phenoxy) is 1. The molecular weight excluding hydrogens is 420 g/mol. The van der Waals surface area contributed by atoms with E-state index < -0.39 is 5.91 Å². The third-order valence-corrected chi connectivity index (χ3v) is 4.35. The van der Waals surface area contributed by atoms with E-state index in [4.69, 9.17) is 15.9 Å². The number of hydrogen-bond donors (Lipinski definition) is 5. The lowest BCUT2D eigenvalue weighted by molar-refractivity contribution is 0.101. The van der Waals surface area contributed by atoms with Crippen LogP contribution in [0, 0.1) is 5.41 Å². The quantitative estimate of drug-likeness (QED) is 0.294. The number of nitrogens with two attached hydrogens (primary N) is 1. The van der Waals surface area contributed by atoms with Gasteiger partial charge < -0.3 is 26.2 Å². The topological polar surface area (TPSA) is 138 Å². The van der Waals surface area contributed by atoms with E-state index in [1.54, 1.807) is 48.5 Å². The molecule has 0 unspecified atom stereocenters. The summed E-state index contributed by atoms with van der Waals surface area (Å²) in [5.41, 5.74) is 6.59. The Kier molecular flexibility index (Phi) is 7.59. The predicted octanol–water partition coefficient (Wildman–Crippen LogP) is 3.61. The Balaban J connectivity index is 0.00000341. The Hall–Kier alpha value is -4.04. The van der Waals surface area contributed by atoms with Crippen molar-refractivity contribution < 1.29 is 19.4 Å². The number of halogens is 1. The van der Waals surface area contributed by atoms with Crippen molar-refractivity contribution in [3.8, 4) is 11.5 Å². The summed E-state index contributed by atoms with van der Waals surface area (Å²) < 4.78 is 5.08. The molecule has 3 aromatic rings. The van der Waals surface area contributed by atoms with Gasteiger partial charge in [0.25, 0.3) is 11.8 Å². The molecule has 8 nitrogen and oxygen atoms in total. The van der Waals surface area contributed by atoms with E-state index in [1.165, 1.54) is 25.3 Å². The fourth-order valence-corrected chi connectivity index (χ4v) is 2.77. The summed E-state index contributed by atoms with van der Waals surface area (Å²) in [6, 6.07) is 17.6. The Morgan fingerprint density at radius 3 is 1.97 bits per heavy atom. The number of hydrogen-bond acceptors (Lipinski definition) is 5. The van der Waals surface area contributed by atoms with Crippen molar-refractivity contribution in [2.75, 3.05) is 17.7 Å². The van der Waals surface area contributed by atoms with Crippen LogP contribution in [0.3, 0.4) is 0 Å². The van der Waals surface area contributed by atoms with Gasteiger partial charge in [-0.15, -0.1) is 12.4 Å². The van der Waals surface area contributed by atoms with E-state index in [0.717, 1.165) is 0 Å².